The van der Waals surface area contributed by atoms with Crippen molar-refractivity contribution in [2.75, 3.05) is 13.6 Å². The van der Waals surface area contributed by atoms with Gasteiger partial charge in [-0.1, -0.05) is 34.1 Å². The number of hydrogen-bond donors (Lipinski definition) is 1. The van der Waals surface area contributed by atoms with Crippen LogP contribution in [0.1, 0.15) is 23.6 Å². The van der Waals surface area contributed by atoms with Crippen LogP contribution in [0.3, 0.4) is 0 Å². The molecule has 2 aromatic rings. The van der Waals surface area contributed by atoms with Crippen LogP contribution in [0.5, 0.6) is 0 Å². The minimum atomic E-state index is 0.730. The van der Waals surface area contributed by atoms with E-state index in [9.17, 15) is 0 Å². The molecule has 0 saturated heterocycles. The second kappa shape index (κ2) is 6.71. The molecule has 0 bridgehead atoms. The van der Waals surface area contributed by atoms with Crippen molar-refractivity contribution in [1.29, 1.82) is 0 Å². The van der Waals surface area contributed by atoms with E-state index < -0.39 is 0 Å². The highest BCUT2D eigenvalue weighted by Crippen LogP contribution is 2.19. The fraction of sp³-hybridized carbons (Fsp3) is 0.357. The Bertz CT molecular complexity index is 496. The summed E-state index contributed by atoms with van der Waals surface area (Å²) in [6.07, 6.45) is 4.57. The largest absolute Gasteiger partial charge is 0.445 e. The lowest BCUT2D eigenvalue weighted by Gasteiger charge is -2.00. The lowest BCUT2D eigenvalue weighted by Crippen LogP contribution is -2.08. The number of benzene rings is 1. The van der Waals surface area contributed by atoms with Gasteiger partial charge in [0.25, 0.3) is 0 Å². The lowest BCUT2D eigenvalue weighted by atomic mass is 10.1. The number of nitrogens with zero attached hydrogens (tertiary/aromatic N) is 1. The number of aromatic nitrogens is 1. The average Bonchev–Trinajstić information content (AvgIpc) is 2.80. The minimum Gasteiger partial charge on any atom is -0.445 e. The van der Waals surface area contributed by atoms with Gasteiger partial charge in [-0.05, 0) is 31.6 Å². The van der Waals surface area contributed by atoms with Crippen LogP contribution >= 0.6 is 15.9 Å². The van der Waals surface area contributed by atoms with E-state index in [4.69, 9.17) is 4.42 Å². The molecule has 0 unspecified atom stereocenters. The topological polar surface area (TPSA) is 38.1 Å². The van der Waals surface area contributed by atoms with Crippen LogP contribution in [-0.2, 0) is 12.8 Å². The van der Waals surface area contributed by atoms with Crippen LogP contribution < -0.4 is 5.32 Å². The summed E-state index contributed by atoms with van der Waals surface area (Å²) in [5, 5.41) is 3.12. The van der Waals surface area contributed by atoms with Crippen molar-refractivity contribution in [3.8, 4) is 0 Å². The fourth-order valence-corrected chi connectivity index (χ4v) is 2.21. The summed E-state index contributed by atoms with van der Waals surface area (Å²) in [4.78, 5) is 4.32. The quantitative estimate of drug-likeness (QED) is 0.833. The zero-order valence-electron chi connectivity index (χ0n) is 10.4. The van der Waals surface area contributed by atoms with E-state index >= 15 is 0 Å². The maximum absolute atomic E-state index is 5.73. The molecule has 1 N–H and O–H groups in total. The van der Waals surface area contributed by atoms with Crippen molar-refractivity contribution in [2.45, 2.75) is 19.3 Å². The molecule has 0 radical (unpaired) electrons. The summed E-state index contributed by atoms with van der Waals surface area (Å²) in [5.74, 6) is 1.74. The Morgan fingerprint density at radius 3 is 2.94 bits per heavy atom. The molecule has 1 heterocycles. The smallest absolute Gasteiger partial charge is 0.198 e. The van der Waals surface area contributed by atoms with E-state index in [1.807, 2.05) is 31.4 Å². The summed E-state index contributed by atoms with van der Waals surface area (Å²) in [6.45, 7) is 1.00. The molecule has 2 rings (SSSR count). The summed E-state index contributed by atoms with van der Waals surface area (Å²) >= 11 is 3.53. The lowest BCUT2D eigenvalue weighted by molar-refractivity contribution is 0.457. The normalized spacial score (nSPS) is 10.8. The summed E-state index contributed by atoms with van der Waals surface area (Å²) < 4.78 is 6.83. The summed E-state index contributed by atoms with van der Waals surface area (Å²) in [6, 6.07) is 8.14. The molecular formula is C14H17BrN2O. The zero-order valence-corrected chi connectivity index (χ0v) is 12.0. The molecule has 3 nitrogen and oxygen atoms in total. The standard InChI is InChI=1S/C14H17BrN2O/c1-16-8-4-6-12-10-17-14(18-12)9-11-5-2-3-7-13(11)15/h2-3,5,7,10,16H,4,6,8-9H2,1H3. The van der Waals surface area contributed by atoms with E-state index in [2.05, 4.69) is 32.3 Å². The van der Waals surface area contributed by atoms with Crippen LogP contribution in [0.25, 0.3) is 0 Å². The van der Waals surface area contributed by atoms with Crippen molar-refractivity contribution < 1.29 is 4.42 Å². The second-order valence-corrected chi connectivity index (χ2v) is 5.05. The zero-order chi connectivity index (χ0) is 12.8. The van der Waals surface area contributed by atoms with Crippen molar-refractivity contribution in [1.82, 2.24) is 10.3 Å². The van der Waals surface area contributed by atoms with Gasteiger partial charge in [-0.15, -0.1) is 0 Å². The molecule has 0 spiro atoms. The summed E-state index contributed by atoms with van der Waals surface area (Å²) in [5.41, 5.74) is 1.20. The monoisotopic (exact) mass is 308 g/mol. The fourth-order valence-electron chi connectivity index (χ4n) is 1.79. The molecule has 0 aliphatic heterocycles. The molecule has 4 heteroatoms. The highest BCUT2D eigenvalue weighted by Gasteiger charge is 2.06. The molecule has 18 heavy (non-hydrogen) atoms. The highest BCUT2D eigenvalue weighted by atomic mass is 79.9. The number of nitrogens with one attached hydrogen (secondary N) is 1. The first-order chi connectivity index (χ1) is 8.79. The number of oxazole rings is 1. The Labute approximate surface area is 116 Å². The van der Waals surface area contributed by atoms with Crippen molar-refractivity contribution in [3.05, 3.63) is 52.1 Å². The van der Waals surface area contributed by atoms with E-state index in [1.165, 1.54) is 5.56 Å². The van der Waals surface area contributed by atoms with Crippen molar-refractivity contribution in [3.63, 3.8) is 0 Å². The van der Waals surface area contributed by atoms with E-state index in [0.29, 0.717) is 0 Å². The van der Waals surface area contributed by atoms with Crippen LogP contribution in [0, 0.1) is 0 Å². The van der Waals surface area contributed by atoms with Gasteiger partial charge in [0.2, 0.25) is 0 Å². The van der Waals surface area contributed by atoms with Crippen LogP contribution in [0.4, 0.5) is 0 Å². The van der Waals surface area contributed by atoms with Gasteiger partial charge in [0.1, 0.15) is 5.76 Å². The number of hydrogen-bond acceptors (Lipinski definition) is 3. The van der Waals surface area contributed by atoms with E-state index in [0.717, 1.165) is 41.9 Å². The van der Waals surface area contributed by atoms with Gasteiger partial charge in [-0.2, -0.15) is 0 Å². The first-order valence-electron chi connectivity index (χ1n) is 6.11. The first kappa shape index (κ1) is 13.3. The molecule has 0 aliphatic carbocycles. The molecule has 1 aromatic heterocycles. The van der Waals surface area contributed by atoms with Gasteiger partial charge in [-0.25, -0.2) is 4.98 Å². The SMILES string of the molecule is CNCCCc1cnc(Cc2ccccc2Br)o1. The third-order valence-electron chi connectivity index (χ3n) is 2.75. The van der Waals surface area contributed by atoms with Gasteiger partial charge in [0.05, 0.1) is 12.6 Å². The van der Waals surface area contributed by atoms with Gasteiger partial charge in [-0.3, -0.25) is 0 Å². The maximum Gasteiger partial charge on any atom is 0.198 e. The minimum absolute atomic E-state index is 0.730. The highest BCUT2D eigenvalue weighted by molar-refractivity contribution is 9.10. The Hall–Kier alpha value is -1.13. The van der Waals surface area contributed by atoms with Gasteiger partial charge < -0.3 is 9.73 Å². The van der Waals surface area contributed by atoms with Crippen molar-refractivity contribution >= 4 is 15.9 Å². The van der Waals surface area contributed by atoms with Crippen LogP contribution in [0.2, 0.25) is 0 Å². The van der Waals surface area contributed by atoms with E-state index in [1.54, 1.807) is 0 Å². The Balaban J connectivity index is 1.96. The molecule has 0 aliphatic rings. The van der Waals surface area contributed by atoms with Crippen molar-refractivity contribution in [2.24, 2.45) is 0 Å². The predicted octanol–water partition coefficient (Wildman–Crippen LogP) is 3.18. The van der Waals surface area contributed by atoms with Gasteiger partial charge in [0, 0.05) is 10.9 Å². The maximum atomic E-state index is 5.73. The Morgan fingerprint density at radius 1 is 1.33 bits per heavy atom. The molecule has 1 aromatic carbocycles. The summed E-state index contributed by atoms with van der Waals surface area (Å²) in [7, 11) is 1.96. The Morgan fingerprint density at radius 2 is 2.17 bits per heavy atom. The van der Waals surface area contributed by atoms with Gasteiger partial charge >= 0.3 is 0 Å². The molecule has 0 atom stereocenters. The number of aryl methyl sites for hydroxylation is 1. The third kappa shape index (κ3) is 3.68. The van der Waals surface area contributed by atoms with Gasteiger partial charge in [0.15, 0.2) is 5.89 Å². The second-order valence-electron chi connectivity index (χ2n) is 4.20. The first-order valence-corrected chi connectivity index (χ1v) is 6.90. The molecular weight excluding hydrogens is 292 g/mol. The van der Waals surface area contributed by atoms with Crippen LogP contribution in [-0.4, -0.2) is 18.6 Å². The molecule has 0 fully saturated rings. The Kier molecular flexibility index (Phi) is 4.96. The van der Waals surface area contributed by atoms with E-state index in [-0.39, 0.29) is 0 Å². The average molecular weight is 309 g/mol. The van der Waals surface area contributed by atoms with Crippen LogP contribution in [0.15, 0.2) is 39.4 Å². The molecule has 96 valence electrons. The molecule has 0 amide bonds. The molecule has 0 saturated carbocycles. The third-order valence-corrected chi connectivity index (χ3v) is 3.52. The number of rotatable bonds is 6. The number of halogens is 1. The predicted molar refractivity (Wildman–Crippen MR) is 75.7 cm³/mol.